The average Bonchev–Trinajstić information content (AvgIpc) is 2.71. The molecule has 0 amide bonds. The Bertz CT molecular complexity index is 1040. The fraction of sp³-hybridized carbons (Fsp3) is 0.0435. The summed E-state index contributed by atoms with van der Waals surface area (Å²) in [6, 6.07) is 23.9. The molecule has 0 saturated carbocycles. The van der Waals surface area contributed by atoms with Gasteiger partial charge in [0.05, 0.1) is 17.1 Å². The molecule has 0 radical (unpaired) electrons. The second kappa shape index (κ2) is 7.30. The smallest absolute Gasteiger partial charge is 0.0743 e. The largest absolute Gasteiger partial charge is 0.398 e. The Morgan fingerprint density at radius 2 is 1.41 bits per heavy atom. The molecule has 0 saturated heterocycles. The summed E-state index contributed by atoms with van der Waals surface area (Å²) in [6.45, 7) is 2.07. The quantitative estimate of drug-likeness (QED) is 0.480. The van der Waals surface area contributed by atoms with Gasteiger partial charge in [0, 0.05) is 34.9 Å². The van der Waals surface area contributed by atoms with Gasteiger partial charge in [0.2, 0.25) is 0 Å². The molecular weight excluding hydrogens is 332 g/mol. The lowest BCUT2D eigenvalue weighted by Crippen LogP contribution is -2.02. The lowest BCUT2D eigenvalue weighted by atomic mass is 9.98. The number of pyridine rings is 2. The van der Waals surface area contributed by atoms with Crippen molar-refractivity contribution in [2.24, 2.45) is 0 Å². The van der Waals surface area contributed by atoms with E-state index in [0.717, 1.165) is 33.9 Å². The van der Waals surface area contributed by atoms with E-state index >= 15 is 0 Å². The predicted molar refractivity (Wildman–Crippen MR) is 112 cm³/mol. The highest BCUT2D eigenvalue weighted by atomic mass is 14.9. The molecule has 132 valence electrons. The maximum atomic E-state index is 6.38. The van der Waals surface area contributed by atoms with Crippen LogP contribution in [0.2, 0.25) is 0 Å². The zero-order valence-electron chi connectivity index (χ0n) is 15.1. The summed E-state index contributed by atoms with van der Waals surface area (Å²) < 4.78 is 0. The Hall–Kier alpha value is -3.66. The minimum Gasteiger partial charge on any atom is -0.398 e. The van der Waals surface area contributed by atoms with Crippen molar-refractivity contribution in [3.8, 4) is 22.5 Å². The molecule has 0 bridgehead atoms. The van der Waals surface area contributed by atoms with Crippen molar-refractivity contribution < 1.29 is 0 Å². The van der Waals surface area contributed by atoms with Crippen LogP contribution in [0.1, 0.15) is 5.56 Å². The zero-order valence-corrected chi connectivity index (χ0v) is 15.1. The first-order chi connectivity index (χ1) is 13.2. The number of aromatic nitrogens is 2. The summed E-state index contributed by atoms with van der Waals surface area (Å²) in [4.78, 5) is 9.05. The number of nitrogens with two attached hydrogens (primary N) is 1. The van der Waals surface area contributed by atoms with E-state index in [1.165, 1.54) is 5.56 Å². The fourth-order valence-electron chi connectivity index (χ4n) is 3.05. The van der Waals surface area contributed by atoms with Crippen LogP contribution in [0.3, 0.4) is 0 Å². The number of rotatable bonds is 4. The van der Waals surface area contributed by atoms with Gasteiger partial charge in [0.15, 0.2) is 0 Å². The van der Waals surface area contributed by atoms with Gasteiger partial charge in [0.25, 0.3) is 0 Å². The molecule has 0 spiro atoms. The van der Waals surface area contributed by atoms with E-state index in [4.69, 9.17) is 5.73 Å². The Morgan fingerprint density at radius 3 is 2.04 bits per heavy atom. The van der Waals surface area contributed by atoms with E-state index < -0.39 is 0 Å². The van der Waals surface area contributed by atoms with Crippen LogP contribution in [0.15, 0.2) is 85.2 Å². The van der Waals surface area contributed by atoms with E-state index in [0.29, 0.717) is 5.69 Å². The maximum absolute atomic E-state index is 6.38. The van der Waals surface area contributed by atoms with Gasteiger partial charge in [-0.1, -0.05) is 29.8 Å². The highest BCUT2D eigenvalue weighted by Crippen LogP contribution is 2.41. The Balaban J connectivity index is 1.93. The lowest BCUT2D eigenvalue weighted by Gasteiger charge is -2.18. The van der Waals surface area contributed by atoms with E-state index in [1.54, 1.807) is 12.4 Å². The van der Waals surface area contributed by atoms with Crippen LogP contribution in [0.25, 0.3) is 22.5 Å². The molecule has 4 heteroatoms. The SMILES string of the molecule is Cc1ccc(Nc2c(-c3ccccn3)ccc(N)c2-c2ccccn2)cc1. The number of nitrogen functional groups attached to an aromatic ring is 1. The first-order valence-corrected chi connectivity index (χ1v) is 8.81. The van der Waals surface area contributed by atoms with Crippen molar-refractivity contribution >= 4 is 17.1 Å². The molecular formula is C23H20N4. The van der Waals surface area contributed by atoms with Crippen LogP contribution in [-0.2, 0) is 0 Å². The third-order valence-corrected chi connectivity index (χ3v) is 4.42. The highest BCUT2D eigenvalue weighted by Gasteiger charge is 2.17. The predicted octanol–water partition coefficient (Wildman–Crippen LogP) is 5.44. The number of aryl methyl sites for hydroxylation is 1. The third-order valence-electron chi connectivity index (χ3n) is 4.42. The number of benzene rings is 2. The van der Waals surface area contributed by atoms with Crippen LogP contribution in [-0.4, -0.2) is 9.97 Å². The highest BCUT2D eigenvalue weighted by molar-refractivity contribution is 5.96. The monoisotopic (exact) mass is 352 g/mol. The first kappa shape index (κ1) is 16.8. The molecule has 0 aliphatic rings. The molecule has 0 fully saturated rings. The fourth-order valence-corrected chi connectivity index (χ4v) is 3.05. The zero-order chi connectivity index (χ0) is 18.6. The van der Waals surface area contributed by atoms with Crippen LogP contribution in [0.5, 0.6) is 0 Å². The van der Waals surface area contributed by atoms with Crippen LogP contribution >= 0.6 is 0 Å². The number of anilines is 3. The normalized spacial score (nSPS) is 10.6. The lowest BCUT2D eigenvalue weighted by molar-refractivity contribution is 1.31. The number of nitrogens with one attached hydrogen (secondary N) is 1. The van der Waals surface area contributed by atoms with Crippen molar-refractivity contribution in [1.29, 1.82) is 0 Å². The van der Waals surface area contributed by atoms with Gasteiger partial charge >= 0.3 is 0 Å². The second-order valence-electron chi connectivity index (χ2n) is 6.37. The van der Waals surface area contributed by atoms with Crippen molar-refractivity contribution in [2.45, 2.75) is 6.92 Å². The van der Waals surface area contributed by atoms with Gasteiger partial charge in [-0.25, -0.2) is 0 Å². The number of hydrogen-bond donors (Lipinski definition) is 2. The van der Waals surface area contributed by atoms with Crippen molar-refractivity contribution in [3.05, 3.63) is 90.8 Å². The molecule has 0 atom stereocenters. The second-order valence-corrected chi connectivity index (χ2v) is 6.37. The average molecular weight is 352 g/mol. The molecule has 2 aromatic heterocycles. The third kappa shape index (κ3) is 3.51. The minimum atomic E-state index is 0.669. The molecule has 3 N–H and O–H groups in total. The Kier molecular flexibility index (Phi) is 4.54. The van der Waals surface area contributed by atoms with Crippen LogP contribution in [0, 0.1) is 6.92 Å². The van der Waals surface area contributed by atoms with Crippen LogP contribution < -0.4 is 11.1 Å². The molecule has 2 heterocycles. The topological polar surface area (TPSA) is 63.8 Å². The Morgan fingerprint density at radius 1 is 0.741 bits per heavy atom. The van der Waals surface area contributed by atoms with Gasteiger partial charge in [-0.05, 0) is 55.5 Å². The molecule has 4 rings (SSSR count). The van der Waals surface area contributed by atoms with E-state index in [2.05, 4.69) is 46.5 Å². The van der Waals surface area contributed by atoms with Crippen molar-refractivity contribution in [2.75, 3.05) is 11.1 Å². The molecule has 2 aromatic carbocycles. The Labute approximate surface area is 158 Å². The van der Waals surface area contributed by atoms with Gasteiger partial charge < -0.3 is 11.1 Å². The molecule has 27 heavy (non-hydrogen) atoms. The number of nitrogens with zero attached hydrogens (tertiary/aromatic N) is 2. The van der Waals surface area contributed by atoms with Gasteiger partial charge in [-0.3, -0.25) is 9.97 Å². The summed E-state index contributed by atoms with van der Waals surface area (Å²) in [7, 11) is 0. The summed E-state index contributed by atoms with van der Waals surface area (Å²) in [5.74, 6) is 0. The van der Waals surface area contributed by atoms with Gasteiger partial charge in [-0.2, -0.15) is 0 Å². The molecule has 0 unspecified atom stereocenters. The standard InChI is InChI=1S/C23H20N4/c1-16-8-10-17(11-9-16)27-23-18(20-6-2-4-14-25-20)12-13-19(24)22(23)21-7-3-5-15-26-21/h2-15,27H,24H2,1H3. The molecule has 0 aliphatic heterocycles. The summed E-state index contributed by atoms with van der Waals surface area (Å²) >= 11 is 0. The van der Waals surface area contributed by atoms with E-state index in [-0.39, 0.29) is 0 Å². The first-order valence-electron chi connectivity index (χ1n) is 8.81. The van der Waals surface area contributed by atoms with Crippen molar-refractivity contribution in [1.82, 2.24) is 9.97 Å². The van der Waals surface area contributed by atoms with E-state index in [1.807, 2.05) is 48.5 Å². The van der Waals surface area contributed by atoms with Gasteiger partial charge in [-0.15, -0.1) is 0 Å². The summed E-state index contributed by atoms with van der Waals surface area (Å²) in [5.41, 5.74) is 13.7. The molecule has 4 nitrogen and oxygen atoms in total. The van der Waals surface area contributed by atoms with Crippen LogP contribution in [0.4, 0.5) is 17.1 Å². The molecule has 0 aliphatic carbocycles. The van der Waals surface area contributed by atoms with E-state index in [9.17, 15) is 0 Å². The van der Waals surface area contributed by atoms with Crippen molar-refractivity contribution in [3.63, 3.8) is 0 Å². The molecule has 4 aromatic rings. The minimum absolute atomic E-state index is 0.669. The number of hydrogen-bond acceptors (Lipinski definition) is 4. The summed E-state index contributed by atoms with van der Waals surface area (Å²) in [5, 5.41) is 3.55. The summed E-state index contributed by atoms with van der Waals surface area (Å²) in [6.07, 6.45) is 3.57. The van der Waals surface area contributed by atoms with Gasteiger partial charge in [0.1, 0.15) is 0 Å². The maximum Gasteiger partial charge on any atom is 0.0743 e.